The molecule has 4 nitrogen and oxygen atoms in total. The molecule has 15 heavy (non-hydrogen) atoms. The molecular formula is C11H22N2O2. The summed E-state index contributed by atoms with van der Waals surface area (Å²) in [5.74, 6) is 0.157. The number of nitrogens with two attached hydrogens (primary N) is 1. The SMILES string of the molecule is CCC(CN)C(=O)N1C[C@@H](C)O[C@@H](C)C1. The first kappa shape index (κ1) is 12.5. The van der Waals surface area contributed by atoms with Gasteiger partial charge in [0.05, 0.1) is 18.1 Å². The van der Waals surface area contributed by atoms with Gasteiger partial charge < -0.3 is 15.4 Å². The molecule has 1 fully saturated rings. The van der Waals surface area contributed by atoms with Crippen LogP contribution in [0, 0.1) is 5.92 Å². The smallest absolute Gasteiger partial charge is 0.227 e. The summed E-state index contributed by atoms with van der Waals surface area (Å²) in [5.41, 5.74) is 5.58. The van der Waals surface area contributed by atoms with E-state index in [1.807, 2.05) is 25.7 Å². The lowest BCUT2D eigenvalue weighted by molar-refractivity contribution is -0.147. The number of hydrogen-bond acceptors (Lipinski definition) is 3. The van der Waals surface area contributed by atoms with Crippen LogP contribution >= 0.6 is 0 Å². The molecule has 1 aliphatic heterocycles. The van der Waals surface area contributed by atoms with Crippen LogP contribution in [0.25, 0.3) is 0 Å². The normalized spacial score (nSPS) is 28.9. The van der Waals surface area contributed by atoms with Crippen LogP contribution in [0.3, 0.4) is 0 Å². The van der Waals surface area contributed by atoms with Crippen molar-refractivity contribution in [3.8, 4) is 0 Å². The van der Waals surface area contributed by atoms with Gasteiger partial charge in [0.15, 0.2) is 0 Å². The minimum Gasteiger partial charge on any atom is -0.372 e. The van der Waals surface area contributed by atoms with Gasteiger partial charge in [-0.25, -0.2) is 0 Å². The molecule has 0 spiro atoms. The van der Waals surface area contributed by atoms with Gasteiger partial charge in [-0.05, 0) is 20.3 Å². The maximum absolute atomic E-state index is 12.0. The van der Waals surface area contributed by atoms with Gasteiger partial charge in [0.1, 0.15) is 0 Å². The largest absolute Gasteiger partial charge is 0.372 e. The van der Waals surface area contributed by atoms with Crippen molar-refractivity contribution in [1.29, 1.82) is 0 Å². The molecule has 0 aliphatic carbocycles. The number of amides is 1. The highest BCUT2D eigenvalue weighted by molar-refractivity contribution is 5.79. The zero-order chi connectivity index (χ0) is 11.4. The molecule has 1 amide bonds. The summed E-state index contributed by atoms with van der Waals surface area (Å²) >= 11 is 0. The fourth-order valence-electron chi connectivity index (χ4n) is 2.06. The van der Waals surface area contributed by atoms with Crippen molar-refractivity contribution < 1.29 is 9.53 Å². The van der Waals surface area contributed by atoms with Crippen molar-refractivity contribution in [2.24, 2.45) is 11.7 Å². The van der Waals surface area contributed by atoms with Gasteiger partial charge in [-0.1, -0.05) is 6.92 Å². The molecule has 1 unspecified atom stereocenters. The lowest BCUT2D eigenvalue weighted by atomic mass is 10.0. The van der Waals surface area contributed by atoms with E-state index >= 15 is 0 Å². The molecule has 1 rings (SSSR count). The fourth-order valence-corrected chi connectivity index (χ4v) is 2.06. The number of carbonyl (C=O) groups is 1. The Morgan fingerprint density at radius 1 is 1.47 bits per heavy atom. The van der Waals surface area contributed by atoms with Crippen LogP contribution in [0.15, 0.2) is 0 Å². The van der Waals surface area contributed by atoms with Crippen molar-refractivity contribution in [1.82, 2.24) is 4.90 Å². The third kappa shape index (κ3) is 3.18. The van der Waals surface area contributed by atoms with Crippen molar-refractivity contribution in [2.45, 2.75) is 39.4 Å². The van der Waals surface area contributed by atoms with E-state index in [2.05, 4.69) is 0 Å². The van der Waals surface area contributed by atoms with E-state index in [4.69, 9.17) is 10.5 Å². The lowest BCUT2D eigenvalue weighted by Gasteiger charge is -2.36. The van der Waals surface area contributed by atoms with Gasteiger partial charge in [0.2, 0.25) is 5.91 Å². The number of morpholine rings is 1. The predicted molar refractivity (Wildman–Crippen MR) is 59.4 cm³/mol. The van der Waals surface area contributed by atoms with E-state index in [1.54, 1.807) is 0 Å². The molecule has 1 aliphatic rings. The average molecular weight is 214 g/mol. The van der Waals surface area contributed by atoms with Crippen molar-refractivity contribution in [3.05, 3.63) is 0 Å². The summed E-state index contributed by atoms with van der Waals surface area (Å²) in [5, 5.41) is 0. The predicted octanol–water partition coefficient (Wildman–Crippen LogP) is 0.607. The van der Waals surface area contributed by atoms with Crippen LogP contribution in [0.2, 0.25) is 0 Å². The zero-order valence-corrected chi connectivity index (χ0v) is 9.90. The Bertz CT molecular complexity index is 207. The Morgan fingerprint density at radius 3 is 2.40 bits per heavy atom. The Kier molecular flexibility index (Phi) is 4.54. The number of ether oxygens (including phenoxy) is 1. The van der Waals surface area contributed by atoms with E-state index in [-0.39, 0.29) is 24.0 Å². The van der Waals surface area contributed by atoms with Crippen LogP contribution < -0.4 is 5.73 Å². The van der Waals surface area contributed by atoms with Crippen LogP contribution in [0.1, 0.15) is 27.2 Å². The van der Waals surface area contributed by atoms with Gasteiger partial charge in [0, 0.05) is 19.6 Å². The molecule has 0 aromatic heterocycles. The highest BCUT2D eigenvalue weighted by Crippen LogP contribution is 2.14. The van der Waals surface area contributed by atoms with E-state index < -0.39 is 0 Å². The Labute approximate surface area is 91.8 Å². The monoisotopic (exact) mass is 214 g/mol. The molecule has 2 N–H and O–H groups in total. The van der Waals surface area contributed by atoms with Crippen LogP contribution in [-0.2, 0) is 9.53 Å². The van der Waals surface area contributed by atoms with Gasteiger partial charge in [-0.2, -0.15) is 0 Å². The van der Waals surface area contributed by atoms with Crippen molar-refractivity contribution >= 4 is 5.91 Å². The second-order valence-electron chi connectivity index (χ2n) is 4.34. The Hall–Kier alpha value is -0.610. The molecule has 4 heteroatoms. The second kappa shape index (κ2) is 5.47. The fraction of sp³-hybridized carbons (Fsp3) is 0.909. The molecule has 1 saturated heterocycles. The molecular weight excluding hydrogens is 192 g/mol. The Balaban J connectivity index is 2.58. The van der Waals surface area contributed by atoms with Crippen LogP contribution in [0.5, 0.6) is 0 Å². The van der Waals surface area contributed by atoms with E-state index in [0.717, 1.165) is 6.42 Å². The van der Waals surface area contributed by atoms with E-state index in [9.17, 15) is 4.79 Å². The Morgan fingerprint density at radius 2 is 2.00 bits per heavy atom. The maximum Gasteiger partial charge on any atom is 0.227 e. The highest BCUT2D eigenvalue weighted by atomic mass is 16.5. The topological polar surface area (TPSA) is 55.6 Å². The van der Waals surface area contributed by atoms with Gasteiger partial charge in [0.25, 0.3) is 0 Å². The van der Waals surface area contributed by atoms with Gasteiger partial charge >= 0.3 is 0 Å². The molecule has 88 valence electrons. The average Bonchev–Trinajstić information content (AvgIpc) is 2.18. The van der Waals surface area contributed by atoms with Crippen LogP contribution in [-0.4, -0.2) is 42.6 Å². The summed E-state index contributed by atoms with van der Waals surface area (Å²) in [6.07, 6.45) is 1.08. The summed E-state index contributed by atoms with van der Waals surface area (Å²) in [4.78, 5) is 13.9. The maximum atomic E-state index is 12.0. The zero-order valence-electron chi connectivity index (χ0n) is 9.90. The molecule has 3 atom stereocenters. The molecule has 0 bridgehead atoms. The first-order valence-corrected chi connectivity index (χ1v) is 5.72. The minimum absolute atomic E-state index is 0.0255. The summed E-state index contributed by atoms with van der Waals surface area (Å²) in [7, 11) is 0. The number of carbonyl (C=O) groups excluding carboxylic acids is 1. The van der Waals surface area contributed by atoms with Crippen molar-refractivity contribution in [2.75, 3.05) is 19.6 Å². The number of nitrogens with zero attached hydrogens (tertiary/aromatic N) is 1. The standard InChI is InChI=1S/C11H22N2O2/c1-4-10(5-12)11(14)13-6-8(2)15-9(3)7-13/h8-10H,4-7,12H2,1-3H3/t8-,9+,10?. The molecule has 0 aromatic rings. The highest BCUT2D eigenvalue weighted by Gasteiger charge is 2.28. The first-order valence-electron chi connectivity index (χ1n) is 5.72. The third-order valence-corrected chi connectivity index (χ3v) is 2.86. The number of hydrogen-bond donors (Lipinski definition) is 1. The van der Waals surface area contributed by atoms with Gasteiger partial charge in [-0.15, -0.1) is 0 Å². The number of rotatable bonds is 3. The summed E-state index contributed by atoms with van der Waals surface area (Å²) in [6.45, 7) is 7.83. The lowest BCUT2D eigenvalue weighted by Crippen LogP contribution is -2.50. The van der Waals surface area contributed by atoms with Crippen molar-refractivity contribution in [3.63, 3.8) is 0 Å². The summed E-state index contributed by atoms with van der Waals surface area (Å²) in [6, 6.07) is 0. The van der Waals surface area contributed by atoms with E-state index in [1.165, 1.54) is 0 Å². The molecule has 1 heterocycles. The van der Waals surface area contributed by atoms with Crippen LogP contribution in [0.4, 0.5) is 0 Å². The van der Waals surface area contributed by atoms with Gasteiger partial charge in [-0.3, -0.25) is 4.79 Å². The van der Waals surface area contributed by atoms with E-state index in [0.29, 0.717) is 19.6 Å². The summed E-state index contributed by atoms with van der Waals surface area (Å²) < 4.78 is 5.59. The minimum atomic E-state index is -0.0255. The molecule has 0 aromatic carbocycles. The molecule has 0 saturated carbocycles. The quantitative estimate of drug-likeness (QED) is 0.749. The first-order chi connectivity index (χ1) is 7.08. The second-order valence-corrected chi connectivity index (χ2v) is 4.34. The molecule has 0 radical (unpaired) electrons. The third-order valence-electron chi connectivity index (χ3n) is 2.86.